The fourth-order valence-electron chi connectivity index (χ4n) is 5.32. The molecule has 2 amide bonds. The van der Waals surface area contributed by atoms with Crippen LogP contribution in [0, 0.1) is 11.2 Å². The first-order valence-corrected chi connectivity index (χ1v) is 12.2. The van der Waals surface area contributed by atoms with Crippen molar-refractivity contribution in [3.05, 3.63) is 70.1 Å². The average Bonchev–Trinajstić information content (AvgIpc) is 3.26. The minimum Gasteiger partial charge on any atom is -0.351 e. The number of rotatable bonds is 2. The molecule has 10 heteroatoms. The van der Waals surface area contributed by atoms with Crippen LogP contribution in [0.1, 0.15) is 52.1 Å². The lowest BCUT2D eigenvalue weighted by Crippen LogP contribution is -2.49. The van der Waals surface area contributed by atoms with Crippen LogP contribution in [-0.4, -0.2) is 52.8 Å². The third-order valence-electron chi connectivity index (χ3n) is 7.56. The molecule has 2 aromatic carbocycles. The van der Waals surface area contributed by atoms with Crippen molar-refractivity contribution in [1.82, 2.24) is 14.8 Å². The number of aromatic nitrogens is 1. The van der Waals surface area contributed by atoms with Gasteiger partial charge in [0.2, 0.25) is 0 Å². The fraction of sp³-hybridized carbons (Fsp3) is 0.385. The van der Waals surface area contributed by atoms with Gasteiger partial charge in [0.25, 0.3) is 11.8 Å². The van der Waals surface area contributed by atoms with Crippen molar-refractivity contribution in [3.8, 4) is 0 Å². The van der Waals surface area contributed by atoms with Gasteiger partial charge in [-0.2, -0.15) is 13.2 Å². The first-order valence-electron chi connectivity index (χ1n) is 11.8. The van der Waals surface area contributed by atoms with Crippen LogP contribution in [0.15, 0.2) is 42.5 Å². The molecular formula is C26H24ClF4N3O2. The Morgan fingerprint density at radius 2 is 1.47 bits per heavy atom. The van der Waals surface area contributed by atoms with Crippen molar-refractivity contribution in [3.63, 3.8) is 0 Å². The molecule has 3 heterocycles. The van der Waals surface area contributed by atoms with Gasteiger partial charge in [0, 0.05) is 47.7 Å². The van der Waals surface area contributed by atoms with Crippen molar-refractivity contribution in [2.24, 2.45) is 5.41 Å². The standard InChI is InChI=1S/C26H24ClF4N3O2/c27-18-2-4-21-17(13-18)15-22(32-21)24(36)34-11-7-25(8-12-34)5-9-33(10-6-25)23(35)16-1-3-19(20(28)14-16)26(29,30)31/h1-4,13-15,32H,5-12H2. The zero-order valence-electron chi connectivity index (χ0n) is 19.3. The highest BCUT2D eigenvalue weighted by Gasteiger charge is 2.40. The SMILES string of the molecule is O=C(c1ccc(C(F)(F)F)c(F)c1)N1CCC2(CC1)CCN(C(=O)c1cc3cc(Cl)ccc3[nH]1)CC2. The molecule has 5 rings (SSSR count). The van der Waals surface area contributed by atoms with Crippen molar-refractivity contribution in [2.45, 2.75) is 31.9 Å². The van der Waals surface area contributed by atoms with Crippen LogP contribution in [-0.2, 0) is 6.18 Å². The van der Waals surface area contributed by atoms with E-state index in [4.69, 9.17) is 11.6 Å². The average molecular weight is 522 g/mol. The third-order valence-corrected chi connectivity index (χ3v) is 7.79. The molecule has 2 aliphatic rings. The monoisotopic (exact) mass is 521 g/mol. The van der Waals surface area contributed by atoms with Crippen molar-refractivity contribution >= 4 is 34.3 Å². The van der Waals surface area contributed by atoms with Gasteiger partial charge in [0.05, 0.1) is 5.56 Å². The first kappa shape index (κ1) is 24.6. The number of nitrogens with zero attached hydrogens (tertiary/aromatic N) is 2. The van der Waals surface area contributed by atoms with E-state index >= 15 is 0 Å². The zero-order chi connectivity index (χ0) is 25.7. The maximum Gasteiger partial charge on any atom is 0.419 e. The van der Waals surface area contributed by atoms with Gasteiger partial charge in [0.15, 0.2) is 0 Å². The molecule has 5 nitrogen and oxygen atoms in total. The second kappa shape index (κ2) is 9.10. The molecule has 1 N–H and O–H groups in total. The summed E-state index contributed by atoms with van der Waals surface area (Å²) in [5, 5.41) is 1.48. The van der Waals surface area contributed by atoms with Crippen molar-refractivity contribution in [1.29, 1.82) is 0 Å². The topological polar surface area (TPSA) is 56.4 Å². The largest absolute Gasteiger partial charge is 0.419 e. The van der Waals surface area contributed by atoms with E-state index in [0.29, 0.717) is 49.0 Å². The van der Waals surface area contributed by atoms with E-state index in [0.717, 1.165) is 42.7 Å². The van der Waals surface area contributed by atoms with Crippen LogP contribution < -0.4 is 0 Å². The fourth-order valence-corrected chi connectivity index (χ4v) is 5.50. The van der Waals surface area contributed by atoms with Gasteiger partial charge in [-0.1, -0.05) is 11.6 Å². The summed E-state index contributed by atoms with van der Waals surface area (Å²) in [7, 11) is 0. The molecule has 1 aromatic heterocycles. The Hall–Kier alpha value is -3.07. The van der Waals surface area contributed by atoms with Crippen LogP contribution in [0.3, 0.4) is 0 Å². The number of amides is 2. The van der Waals surface area contributed by atoms with Gasteiger partial charge in [-0.15, -0.1) is 0 Å². The summed E-state index contributed by atoms with van der Waals surface area (Å²) in [6, 6.07) is 9.53. The quantitative estimate of drug-likeness (QED) is 0.412. The van der Waals surface area contributed by atoms with Crippen LogP contribution in [0.25, 0.3) is 10.9 Å². The van der Waals surface area contributed by atoms with E-state index in [1.54, 1.807) is 11.0 Å². The lowest BCUT2D eigenvalue weighted by molar-refractivity contribution is -0.140. The number of hydrogen-bond acceptors (Lipinski definition) is 2. The highest BCUT2D eigenvalue weighted by atomic mass is 35.5. The molecule has 0 radical (unpaired) electrons. The summed E-state index contributed by atoms with van der Waals surface area (Å²) in [5.74, 6) is -1.98. The number of halogens is 5. The van der Waals surface area contributed by atoms with E-state index in [9.17, 15) is 27.2 Å². The second-order valence-electron chi connectivity index (χ2n) is 9.69. The van der Waals surface area contributed by atoms with Gasteiger partial charge >= 0.3 is 6.18 Å². The molecular weight excluding hydrogens is 498 g/mol. The van der Waals surface area contributed by atoms with Crippen LogP contribution in [0.5, 0.6) is 0 Å². The Morgan fingerprint density at radius 1 is 0.861 bits per heavy atom. The van der Waals surface area contributed by atoms with Gasteiger partial charge in [-0.3, -0.25) is 9.59 Å². The Bertz CT molecular complexity index is 1320. The minimum absolute atomic E-state index is 0.00687. The van der Waals surface area contributed by atoms with E-state index < -0.39 is 23.5 Å². The molecule has 2 saturated heterocycles. The van der Waals surface area contributed by atoms with Crippen LogP contribution >= 0.6 is 11.6 Å². The second-order valence-corrected chi connectivity index (χ2v) is 10.1. The normalized spacial score (nSPS) is 18.1. The maximum atomic E-state index is 13.9. The summed E-state index contributed by atoms with van der Waals surface area (Å²) >= 11 is 6.04. The highest BCUT2D eigenvalue weighted by molar-refractivity contribution is 6.31. The lowest BCUT2D eigenvalue weighted by Gasteiger charge is -2.46. The van der Waals surface area contributed by atoms with Crippen molar-refractivity contribution in [2.75, 3.05) is 26.2 Å². The Labute approximate surface area is 210 Å². The molecule has 2 fully saturated rings. The third kappa shape index (κ3) is 4.68. The lowest BCUT2D eigenvalue weighted by atomic mass is 9.71. The predicted molar refractivity (Wildman–Crippen MR) is 127 cm³/mol. The van der Waals surface area contributed by atoms with Gasteiger partial charge < -0.3 is 14.8 Å². The molecule has 2 aliphatic heterocycles. The number of fused-ring (bicyclic) bond motifs is 1. The number of nitrogens with one attached hydrogen (secondary N) is 1. The molecule has 3 aromatic rings. The summed E-state index contributed by atoms with van der Waals surface area (Å²) in [6.45, 7) is 2.09. The number of piperidine rings is 2. The number of H-pyrrole nitrogens is 1. The molecule has 0 saturated carbocycles. The summed E-state index contributed by atoms with van der Waals surface area (Å²) < 4.78 is 52.4. The highest BCUT2D eigenvalue weighted by Crippen LogP contribution is 2.42. The zero-order valence-corrected chi connectivity index (χ0v) is 20.1. The van der Waals surface area contributed by atoms with Gasteiger partial charge in [0.1, 0.15) is 11.5 Å². The Balaban J connectivity index is 1.18. The summed E-state index contributed by atoms with van der Waals surface area (Å²) in [4.78, 5) is 32.4. The number of benzene rings is 2. The van der Waals surface area contributed by atoms with Gasteiger partial charge in [-0.25, -0.2) is 4.39 Å². The molecule has 0 bridgehead atoms. The maximum absolute atomic E-state index is 13.9. The number of likely N-dealkylation sites (tertiary alicyclic amines) is 2. The number of alkyl halides is 3. The minimum atomic E-state index is -4.80. The van der Waals surface area contributed by atoms with E-state index in [2.05, 4.69) is 4.98 Å². The van der Waals surface area contributed by atoms with Crippen LogP contribution in [0.4, 0.5) is 17.6 Å². The Morgan fingerprint density at radius 3 is 2.06 bits per heavy atom. The molecule has 0 unspecified atom stereocenters. The molecule has 1 spiro atoms. The number of aromatic amines is 1. The molecule has 0 aliphatic carbocycles. The summed E-state index contributed by atoms with van der Waals surface area (Å²) in [6.07, 6.45) is -1.73. The smallest absolute Gasteiger partial charge is 0.351 e. The van der Waals surface area contributed by atoms with Gasteiger partial charge in [-0.05, 0) is 73.6 Å². The number of carbonyl (C=O) groups is 2. The van der Waals surface area contributed by atoms with E-state index in [-0.39, 0.29) is 16.9 Å². The first-order chi connectivity index (χ1) is 17.0. The Kier molecular flexibility index (Phi) is 6.22. The number of carbonyl (C=O) groups excluding carboxylic acids is 2. The van der Waals surface area contributed by atoms with Crippen LogP contribution in [0.2, 0.25) is 5.02 Å². The summed E-state index contributed by atoms with van der Waals surface area (Å²) in [5.41, 5.74) is -0.0910. The predicted octanol–water partition coefficient (Wildman–Crippen LogP) is 6.14. The van der Waals surface area contributed by atoms with E-state index in [1.807, 2.05) is 23.1 Å². The number of hydrogen-bond donors (Lipinski definition) is 1. The van der Waals surface area contributed by atoms with E-state index in [1.165, 1.54) is 0 Å². The molecule has 36 heavy (non-hydrogen) atoms. The molecule has 190 valence electrons. The van der Waals surface area contributed by atoms with Crippen molar-refractivity contribution < 1.29 is 27.2 Å². The molecule has 0 atom stereocenters.